The lowest BCUT2D eigenvalue weighted by atomic mass is 10.0. The van der Waals surface area contributed by atoms with Gasteiger partial charge in [0.15, 0.2) is 5.76 Å². The highest BCUT2D eigenvalue weighted by Crippen LogP contribution is 2.13. The van der Waals surface area contributed by atoms with Crippen LogP contribution in [-0.2, 0) is 14.3 Å². The molecule has 0 saturated heterocycles. The molecule has 3 nitrogen and oxygen atoms in total. The van der Waals surface area contributed by atoms with Crippen molar-refractivity contribution in [2.75, 3.05) is 13.2 Å². The Hall–Kier alpha value is -0.990. The van der Waals surface area contributed by atoms with Crippen molar-refractivity contribution in [3.63, 3.8) is 0 Å². The third-order valence-electron chi connectivity index (χ3n) is 4.28. The van der Waals surface area contributed by atoms with Crippen LogP contribution in [0.3, 0.4) is 0 Å². The summed E-state index contributed by atoms with van der Waals surface area (Å²) < 4.78 is 10.1. The van der Waals surface area contributed by atoms with Gasteiger partial charge in [-0.3, -0.25) is 0 Å². The predicted molar refractivity (Wildman–Crippen MR) is 102 cm³/mol. The van der Waals surface area contributed by atoms with Crippen LogP contribution >= 0.6 is 0 Å². The van der Waals surface area contributed by atoms with Crippen molar-refractivity contribution in [1.29, 1.82) is 0 Å². The van der Waals surface area contributed by atoms with Crippen LogP contribution in [0.2, 0.25) is 0 Å². The molecule has 142 valence electrons. The zero-order valence-corrected chi connectivity index (χ0v) is 16.2. The van der Waals surface area contributed by atoms with Gasteiger partial charge in [-0.1, -0.05) is 90.4 Å². The van der Waals surface area contributed by atoms with Gasteiger partial charge >= 0.3 is 5.97 Å². The minimum atomic E-state index is -0.424. The average molecular weight is 341 g/mol. The Labute approximate surface area is 150 Å². The van der Waals surface area contributed by atoms with Gasteiger partial charge in [-0.05, 0) is 19.9 Å². The standard InChI is InChI=1S/C21H40O3/c1-4-6-7-8-9-10-11-12-13-14-15-16-17-18-19-24-21(22)20(3)23-5-2/h3-19H2,1-2H3. The number of unbranched alkanes of at least 4 members (excludes halogenated alkanes) is 13. The number of rotatable bonds is 18. The molecule has 0 aromatic heterocycles. The second kappa shape index (κ2) is 18.4. The van der Waals surface area contributed by atoms with E-state index < -0.39 is 5.97 Å². The first-order valence-electron chi connectivity index (χ1n) is 10.2. The Morgan fingerprint density at radius 3 is 1.50 bits per heavy atom. The highest BCUT2D eigenvalue weighted by Gasteiger charge is 2.08. The Morgan fingerprint density at radius 1 is 0.667 bits per heavy atom. The maximum atomic E-state index is 11.4. The van der Waals surface area contributed by atoms with Crippen LogP contribution in [0, 0.1) is 0 Å². The molecule has 24 heavy (non-hydrogen) atoms. The van der Waals surface area contributed by atoms with Gasteiger partial charge in [0.25, 0.3) is 0 Å². The fourth-order valence-electron chi connectivity index (χ4n) is 2.78. The molecule has 0 aliphatic heterocycles. The fraction of sp³-hybridized carbons (Fsp3) is 0.857. The maximum absolute atomic E-state index is 11.4. The maximum Gasteiger partial charge on any atom is 0.372 e. The summed E-state index contributed by atoms with van der Waals surface area (Å²) in [6.07, 6.45) is 18.6. The molecule has 0 rings (SSSR count). The molecule has 0 atom stereocenters. The van der Waals surface area contributed by atoms with Crippen molar-refractivity contribution in [3.8, 4) is 0 Å². The third-order valence-corrected chi connectivity index (χ3v) is 4.28. The summed E-state index contributed by atoms with van der Waals surface area (Å²) >= 11 is 0. The zero-order chi connectivity index (χ0) is 17.9. The fourth-order valence-corrected chi connectivity index (χ4v) is 2.78. The topological polar surface area (TPSA) is 35.5 Å². The quantitative estimate of drug-likeness (QED) is 0.123. The molecular weight excluding hydrogens is 300 g/mol. The Morgan fingerprint density at radius 2 is 1.08 bits per heavy atom. The van der Waals surface area contributed by atoms with Crippen molar-refractivity contribution in [2.24, 2.45) is 0 Å². The highest BCUT2D eigenvalue weighted by atomic mass is 16.6. The van der Waals surface area contributed by atoms with Crippen LogP contribution in [0.4, 0.5) is 0 Å². The lowest BCUT2D eigenvalue weighted by Crippen LogP contribution is -2.10. The van der Waals surface area contributed by atoms with Crippen LogP contribution in [0.5, 0.6) is 0 Å². The molecule has 0 bridgehead atoms. The second-order valence-electron chi connectivity index (χ2n) is 6.59. The summed E-state index contributed by atoms with van der Waals surface area (Å²) in [5.74, 6) is -0.311. The molecule has 0 amide bonds. The van der Waals surface area contributed by atoms with Gasteiger partial charge in [0.05, 0.1) is 13.2 Å². The summed E-state index contributed by atoms with van der Waals surface area (Å²) in [6, 6.07) is 0. The van der Waals surface area contributed by atoms with E-state index in [1.807, 2.05) is 6.92 Å². The highest BCUT2D eigenvalue weighted by molar-refractivity contribution is 5.85. The Kier molecular flexibility index (Phi) is 17.6. The number of hydrogen-bond donors (Lipinski definition) is 0. The molecule has 3 heteroatoms. The number of ether oxygens (including phenoxy) is 2. The molecule has 0 aromatic carbocycles. The molecule has 0 aliphatic rings. The molecule has 0 radical (unpaired) electrons. The van der Waals surface area contributed by atoms with E-state index in [2.05, 4.69) is 13.5 Å². The van der Waals surface area contributed by atoms with Crippen molar-refractivity contribution in [1.82, 2.24) is 0 Å². The monoisotopic (exact) mass is 340 g/mol. The van der Waals surface area contributed by atoms with Gasteiger partial charge in [-0.2, -0.15) is 0 Å². The largest absolute Gasteiger partial charge is 0.487 e. The predicted octanol–water partition coefficient (Wildman–Crippen LogP) is 6.56. The SMILES string of the molecule is C=C(OCC)C(=O)OCCCCCCCCCCCCCCCC. The summed E-state index contributed by atoms with van der Waals surface area (Å²) in [4.78, 5) is 11.4. The van der Waals surface area contributed by atoms with E-state index in [-0.39, 0.29) is 5.76 Å². The molecule has 0 unspecified atom stereocenters. The third kappa shape index (κ3) is 15.9. The van der Waals surface area contributed by atoms with Crippen LogP contribution < -0.4 is 0 Å². The smallest absolute Gasteiger partial charge is 0.372 e. The van der Waals surface area contributed by atoms with Gasteiger partial charge < -0.3 is 9.47 Å². The molecule has 0 N–H and O–H groups in total. The number of esters is 1. The first kappa shape index (κ1) is 23.0. The van der Waals surface area contributed by atoms with Crippen LogP contribution in [0.15, 0.2) is 12.3 Å². The lowest BCUT2D eigenvalue weighted by molar-refractivity contribution is -0.143. The van der Waals surface area contributed by atoms with Crippen molar-refractivity contribution < 1.29 is 14.3 Å². The average Bonchev–Trinajstić information content (AvgIpc) is 2.58. The van der Waals surface area contributed by atoms with Crippen LogP contribution in [0.1, 0.15) is 104 Å². The lowest BCUT2D eigenvalue weighted by Gasteiger charge is -2.07. The first-order valence-corrected chi connectivity index (χ1v) is 10.2. The van der Waals surface area contributed by atoms with E-state index in [1.165, 1.54) is 77.0 Å². The molecule has 0 fully saturated rings. The number of hydrogen-bond acceptors (Lipinski definition) is 3. The van der Waals surface area contributed by atoms with E-state index in [1.54, 1.807) is 0 Å². The van der Waals surface area contributed by atoms with Gasteiger partial charge in [0.2, 0.25) is 0 Å². The first-order chi connectivity index (χ1) is 11.7. The Balaban J connectivity index is 3.15. The molecule has 0 saturated carbocycles. The minimum absolute atomic E-state index is 0.114. The van der Waals surface area contributed by atoms with Crippen LogP contribution in [-0.4, -0.2) is 19.2 Å². The summed E-state index contributed by atoms with van der Waals surface area (Å²) in [5.41, 5.74) is 0. The minimum Gasteiger partial charge on any atom is -0.487 e. The van der Waals surface area contributed by atoms with Crippen molar-refractivity contribution in [3.05, 3.63) is 12.3 Å². The zero-order valence-electron chi connectivity index (χ0n) is 16.2. The van der Waals surface area contributed by atoms with E-state index >= 15 is 0 Å². The second-order valence-corrected chi connectivity index (χ2v) is 6.59. The van der Waals surface area contributed by atoms with E-state index in [0.717, 1.165) is 12.8 Å². The molecule has 0 aliphatic carbocycles. The number of carbonyl (C=O) groups is 1. The van der Waals surface area contributed by atoms with Gasteiger partial charge in [0.1, 0.15) is 0 Å². The van der Waals surface area contributed by atoms with Crippen LogP contribution in [0.25, 0.3) is 0 Å². The summed E-state index contributed by atoms with van der Waals surface area (Å²) in [7, 11) is 0. The van der Waals surface area contributed by atoms with Crippen molar-refractivity contribution in [2.45, 2.75) is 104 Å². The number of carbonyl (C=O) groups excluding carboxylic acids is 1. The van der Waals surface area contributed by atoms with Gasteiger partial charge in [0, 0.05) is 0 Å². The van der Waals surface area contributed by atoms with Gasteiger partial charge in [-0.15, -0.1) is 0 Å². The van der Waals surface area contributed by atoms with E-state index in [4.69, 9.17) is 9.47 Å². The summed E-state index contributed by atoms with van der Waals surface area (Å²) in [6.45, 7) is 8.56. The molecule has 0 heterocycles. The Bertz CT molecular complexity index is 299. The summed E-state index contributed by atoms with van der Waals surface area (Å²) in [5, 5.41) is 0. The van der Waals surface area contributed by atoms with Gasteiger partial charge in [-0.25, -0.2) is 4.79 Å². The van der Waals surface area contributed by atoms with Crippen molar-refractivity contribution >= 4 is 5.97 Å². The normalized spacial score (nSPS) is 10.6. The molecule has 0 spiro atoms. The van der Waals surface area contributed by atoms with E-state index in [9.17, 15) is 4.79 Å². The van der Waals surface area contributed by atoms with E-state index in [0.29, 0.717) is 13.2 Å². The molecule has 0 aromatic rings. The molecular formula is C21H40O3.